The van der Waals surface area contributed by atoms with Gasteiger partial charge in [0, 0.05) is 10.9 Å². The van der Waals surface area contributed by atoms with Gasteiger partial charge in [0.25, 0.3) is 0 Å². The fourth-order valence-electron chi connectivity index (χ4n) is 3.03. The topological polar surface area (TPSA) is 55.4 Å². The van der Waals surface area contributed by atoms with Crippen molar-refractivity contribution in [2.75, 3.05) is 0 Å². The summed E-state index contributed by atoms with van der Waals surface area (Å²) in [7, 11) is -0.372. The maximum Gasteiger partial charge on any atom is 0.494 e. The number of benzene rings is 2. The Kier molecular flexibility index (Phi) is 3.73. The van der Waals surface area contributed by atoms with Crippen LogP contribution in [0.15, 0.2) is 52.9 Å². The molecule has 1 saturated heterocycles. The Labute approximate surface area is 153 Å². The lowest BCUT2D eigenvalue weighted by Gasteiger charge is -2.32. The van der Waals surface area contributed by atoms with Gasteiger partial charge in [0.1, 0.15) is 11.3 Å². The molecule has 26 heavy (non-hydrogen) atoms. The summed E-state index contributed by atoms with van der Waals surface area (Å²) in [6.45, 7) is 8.19. The van der Waals surface area contributed by atoms with E-state index in [-0.39, 0.29) is 18.3 Å². The maximum atomic E-state index is 9.01. The summed E-state index contributed by atoms with van der Waals surface area (Å²) < 4.78 is 18.1. The predicted molar refractivity (Wildman–Crippen MR) is 102 cm³/mol. The standard InChI is InChI=1S/C21H20BNO3/c1-20(2)21(3,4)26-22(25-20)17-9-7-15(8-10-17)19-12-16-6-5-14(13-23)11-18(16)24-19/h5-12H,1-4H3. The lowest BCUT2D eigenvalue weighted by atomic mass is 9.79. The van der Waals surface area contributed by atoms with Crippen molar-refractivity contribution in [1.29, 1.82) is 5.26 Å². The molecule has 3 aromatic rings. The largest absolute Gasteiger partial charge is 0.494 e. The third kappa shape index (κ3) is 2.72. The molecule has 0 atom stereocenters. The van der Waals surface area contributed by atoms with E-state index < -0.39 is 0 Å². The third-order valence-corrected chi connectivity index (χ3v) is 5.37. The number of hydrogen-bond acceptors (Lipinski definition) is 4. The van der Waals surface area contributed by atoms with Crippen molar-refractivity contribution < 1.29 is 13.7 Å². The summed E-state index contributed by atoms with van der Waals surface area (Å²) >= 11 is 0. The molecule has 1 aromatic heterocycles. The molecule has 0 saturated carbocycles. The zero-order valence-electron chi connectivity index (χ0n) is 15.4. The van der Waals surface area contributed by atoms with Gasteiger partial charge < -0.3 is 13.7 Å². The van der Waals surface area contributed by atoms with Gasteiger partial charge in [0.05, 0.1) is 22.8 Å². The molecule has 0 bridgehead atoms. The van der Waals surface area contributed by atoms with Crippen LogP contribution in [0.3, 0.4) is 0 Å². The fraction of sp³-hybridized carbons (Fsp3) is 0.286. The van der Waals surface area contributed by atoms with Crippen LogP contribution in [0, 0.1) is 11.3 Å². The SMILES string of the molecule is CC1(C)OB(c2ccc(-c3cc4ccc(C#N)cc4o3)cc2)OC1(C)C. The first kappa shape index (κ1) is 16.9. The summed E-state index contributed by atoms with van der Waals surface area (Å²) in [4.78, 5) is 0. The molecule has 4 nitrogen and oxygen atoms in total. The Balaban J connectivity index is 1.62. The fourth-order valence-corrected chi connectivity index (χ4v) is 3.03. The molecule has 0 radical (unpaired) electrons. The Morgan fingerprint density at radius 1 is 0.885 bits per heavy atom. The molecule has 0 spiro atoms. The number of hydrogen-bond donors (Lipinski definition) is 0. The summed E-state index contributed by atoms with van der Waals surface area (Å²) in [5, 5.41) is 9.99. The summed E-state index contributed by atoms with van der Waals surface area (Å²) in [5.74, 6) is 0.774. The minimum Gasteiger partial charge on any atom is -0.456 e. The maximum absolute atomic E-state index is 9.01. The van der Waals surface area contributed by atoms with Crippen LogP contribution in [0.5, 0.6) is 0 Å². The molecular formula is C21H20BNO3. The van der Waals surface area contributed by atoms with E-state index in [1.807, 2.05) is 64.1 Å². The van der Waals surface area contributed by atoms with Crippen LogP contribution in [-0.4, -0.2) is 18.3 Å². The lowest BCUT2D eigenvalue weighted by molar-refractivity contribution is 0.00578. The van der Waals surface area contributed by atoms with Crippen molar-refractivity contribution in [3.8, 4) is 17.4 Å². The van der Waals surface area contributed by atoms with Crippen molar-refractivity contribution >= 4 is 23.6 Å². The monoisotopic (exact) mass is 345 g/mol. The van der Waals surface area contributed by atoms with Crippen LogP contribution in [0.1, 0.15) is 33.3 Å². The molecule has 0 amide bonds. The van der Waals surface area contributed by atoms with Crippen molar-refractivity contribution in [3.63, 3.8) is 0 Å². The van der Waals surface area contributed by atoms with Crippen LogP contribution in [0.25, 0.3) is 22.3 Å². The van der Waals surface area contributed by atoms with E-state index in [1.54, 1.807) is 12.1 Å². The second kappa shape index (κ2) is 5.73. The van der Waals surface area contributed by atoms with Crippen LogP contribution >= 0.6 is 0 Å². The Morgan fingerprint density at radius 2 is 1.54 bits per heavy atom. The first-order valence-electron chi connectivity index (χ1n) is 8.69. The highest BCUT2D eigenvalue weighted by Crippen LogP contribution is 2.36. The van der Waals surface area contributed by atoms with E-state index in [1.165, 1.54) is 0 Å². The Hall–Kier alpha value is -2.55. The first-order valence-corrected chi connectivity index (χ1v) is 8.69. The van der Waals surface area contributed by atoms with E-state index in [0.29, 0.717) is 11.1 Å². The molecule has 0 unspecified atom stereocenters. The van der Waals surface area contributed by atoms with Gasteiger partial charge in [-0.25, -0.2) is 0 Å². The second-order valence-corrected chi connectivity index (χ2v) is 7.69. The van der Waals surface area contributed by atoms with Crippen molar-refractivity contribution in [3.05, 3.63) is 54.1 Å². The highest BCUT2D eigenvalue weighted by Gasteiger charge is 2.51. The van der Waals surface area contributed by atoms with Gasteiger partial charge in [0.2, 0.25) is 0 Å². The Bertz CT molecular complexity index is 996. The second-order valence-electron chi connectivity index (χ2n) is 7.69. The molecule has 5 heteroatoms. The van der Waals surface area contributed by atoms with Gasteiger partial charge in [-0.3, -0.25) is 0 Å². The Morgan fingerprint density at radius 3 is 2.15 bits per heavy atom. The van der Waals surface area contributed by atoms with Gasteiger partial charge >= 0.3 is 7.12 Å². The number of furan rings is 1. The van der Waals surface area contributed by atoms with Crippen LogP contribution in [0.2, 0.25) is 0 Å². The minimum atomic E-state index is -0.372. The molecule has 2 heterocycles. The zero-order chi connectivity index (χ0) is 18.5. The van der Waals surface area contributed by atoms with Gasteiger partial charge in [-0.05, 0) is 57.4 Å². The van der Waals surface area contributed by atoms with Crippen molar-refractivity contribution in [2.45, 2.75) is 38.9 Å². The van der Waals surface area contributed by atoms with Crippen LogP contribution in [-0.2, 0) is 9.31 Å². The number of rotatable bonds is 2. The average molecular weight is 345 g/mol. The van der Waals surface area contributed by atoms with Crippen molar-refractivity contribution in [2.24, 2.45) is 0 Å². The van der Waals surface area contributed by atoms with E-state index in [4.69, 9.17) is 19.0 Å². The molecular weight excluding hydrogens is 325 g/mol. The zero-order valence-corrected chi connectivity index (χ0v) is 15.4. The highest BCUT2D eigenvalue weighted by atomic mass is 16.7. The molecule has 130 valence electrons. The summed E-state index contributed by atoms with van der Waals surface area (Å²) in [6, 6.07) is 17.6. The lowest BCUT2D eigenvalue weighted by Crippen LogP contribution is -2.41. The third-order valence-electron chi connectivity index (χ3n) is 5.37. The number of nitriles is 1. The smallest absolute Gasteiger partial charge is 0.456 e. The average Bonchev–Trinajstić information content (AvgIpc) is 3.12. The van der Waals surface area contributed by atoms with Gasteiger partial charge in [0.15, 0.2) is 0 Å². The predicted octanol–water partition coefficient (Wildman–Crippen LogP) is 4.27. The molecule has 2 aromatic carbocycles. The van der Waals surface area contributed by atoms with Gasteiger partial charge in [-0.1, -0.05) is 24.3 Å². The van der Waals surface area contributed by atoms with Crippen LogP contribution in [0.4, 0.5) is 0 Å². The normalized spacial score (nSPS) is 18.2. The van der Waals surface area contributed by atoms with Crippen molar-refractivity contribution in [1.82, 2.24) is 0 Å². The molecule has 4 rings (SSSR count). The molecule has 0 aliphatic carbocycles. The quantitative estimate of drug-likeness (QED) is 0.651. The van der Waals surface area contributed by atoms with E-state index in [2.05, 4.69) is 6.07 Å². The van der Waals surface area contributed by atoms with Gasteiger partial charge in [-0.15, -0.1) is 0 Å². The molecule has 0 N–H and O–H groups in total. The first-order chi connectivity index (χ1) is 12.3. The number of fused-ring (bicyclic) bond motifs is 1. The van der Waals surface area contributed by atoms with E-state index >= 15 is 0 Å². The number of nitrogens with zero attached hydrogens (tertiary/aromatic N) is 1. The minimum absolute atomic E-state index is 0.354. The van der Waals surface area contributed by atoms with E-state index in [0.717, 1.165) is 22.2 Å². The molecule has 1 aliphatic rings. The molecule has 1 aliphatic heterocycles. The highest BCUT2D eigenvalue weighted by molar-refractivity contribution is 6.62. The van der Waals surface area contributed by atoms with E-state index in [9.17, 15) is 0 Å². The van der Waals surface area contributed by atoms with Crippen LogP contribution < -0.4 is 5.46 Å². The summed E-state index contributed by atoms with van der Waals surface area (Å²) in [6.07, 6.45) is 0. The summed E-state index contributed by atoms with van der Waals surface area (Å²) in [5.41, 5.74) is 2.56. The molecule has 1 fully saturated rings. The van der Waals surface area contributed by atoms with Gasteiger partial charge in [-0.2, -0.15) is 5.26 Å².